The van der Waals surface area contributed by atoms with Gasteiger partial charge < -0.3 is 15.2 Å². The maximum absolute atomic E-state index is 13.9. The molecule has 0 spiro atoms. The number of carboxylic acid groups (broad SMARTS) is 1. The fourth-order valence-electron chi connectivity index (χ4n) is 5.21. The second-order valence-electron chi connectivity index (χ2n) is 8.02. The topological polar surface area (TPSA) is 75.6 Å². The number of hydrogen-bond donors (Lipinski definition) is 2. The quantitative estimate of drug-likeness (QED) is 0.814. The monoisotopic (exact) mass is 399 g/mol. The minimum absolute atomic E-state index is 0.0000468. The lowest BCUT2D eigenvalue weighted by molar-refractivity contribution is -0.147. The molecule has 0 aromatic heterocycles. The van der Waals surface area contributed by atoms with Gasteiger partial charge in [0.05, 0.1) is 5.92 Å². The number of carbonyl (C=O) groups excluding carboxylic acids is 1. The highest BCUT2D eigenvalue weighted by molar-refractivity contribution is 5.86. The fourth-order valence-corrected chi connectivity index (χ4v) is 5.21. The van der Waals surface area contributed by atoms with Crippen molar-refractivity contribution >= 4 is 12.1 Å². The first-order valence-corrected chi connectivity index (χ1v) is 9.60. The van der Waals surface area contributed by atoms with Crippen LogP contribution >= 0.6 is 0 Å². The second-order valence-corrected chi connectivity index (χ2v) is 8.02. The number of ether oxygens (including phenoxy) is 1. The Balaban J connectivity index is 1.33. The molecular weight excluding hydrogens is 380 g/mol. The molecule has 0 saturated heterocycles. The molecule has 0 heterocycles. The van der Waals surface area contributed by atoms with Crippen molar-refractivity contribution in [2.45, 2.75) is 30.2 Å². The van der Waals surface area contributed by atoms with E-state index in [0.717, 1.165) is 22.3 Å². The smallest absolute Gasteiger partial charge is 0.408 e. The summed E-state index contributed by atoms with van der Waals surface area (Å²) in [6, 6.07) is 15.6. The van der Waals surface area contributed by atoms with Crippen LogP contribution in [-0.4, -0.2) is 35.2 Å². The molecule has 0 aliphatic heterocycles. The first-order valence-electron chi connectivity index (χ1n) is 9.60. The van der Waals surface area contributed by atoms with Crippen LogP contribution in [0.25, 0.3) is 11.1 Å². The van der Waals surface area contributed by atoms with Gasteiger partial charge >= 0.3 is 12.1 Å². The summed E-state index contributed by atoms with van der Waals surface area (Å²) in [5, 5.41) is 11.8. The minimum Gasteiger partial charge on any atom is -0.479 e. The second kappa shape index (κ2) is 6.02. The number of carbonyl (C=O) groups is 2. The molecule has 2 N–H and O–H groups in total. The molecule has 5 nitrogen and oxygen atoms in total. The number of carboxylic acids is 1. The molecular formula is C22H19F2NO4. The molecule has 5 rings (SSSR count). The Kier molecular flexibility index (Phi) is 3.75. The van der Waals surface area contributed by atoms with Crippen molar-refractivity contribution in [1.29, 1.82) is 0 Å². The minimum atomic E-state index is -3.05. The predicted octanol–water partition coefficient (Wildman–Crippen LogP) is 4.02. The Labute approximate surface area is 165 Å². The van der Waals surface area contributed by atoms with Gasteiger partial charge in [0.1, 0.15) is 12.1 Å². The summed E-state index contributed by atoms with van der Waals surface area (Å²) in [4.78, 5) is 24.2. The van der Waals surface area contributed by atoms with E-state index in [9.17, 15) is 23.5 Å². The van der Waals surface area contributed by atoms with Crippen LogP contribution in [0.5, 0.6) is 0 Å². The Morgan fingerprint density at radius 3 is 2.17 bits per heavy atom. The Hall–Kier alpha value is -2.96. The van der Waals surface area contributed by atoms with Crippen molar-refractivity contribution in [2.75, 3.05) is 6.61 Å². The molecule has 1 amide bonds. The number of aliphatic carboxylic acids is 1. The molecule has 3 aliphatic carbocycles. The summed E-state index contributed by atoms with van der Waals surface area (Å²) in [6.45, 7) is 0.0000468. The number of alkyl carbamates (subject to hydrolysis) is 1. The van der Waals surface area contributed by atoms with Gasteiger partial charge in [0.25, 0.3) is 5.92 Å². The molecule has 2 fully saturated rings. The zero-order valence-corrected chi connectivity index (χ0v) is 15.4. The number of alkyl halides is 2. The van der Waals surface area contributed by atoms with Crippen LogP contribution in [0, 0.1) is 11.8 Å². The molecule has 2 saturated carbocycles. The third kappa shape index (κ3) is 2.49. The molecule has 150 valence electrons. The highest BCUT2D eigenvalue weighted by Crippen LogP contribution is 2.68. The van der Waals surface area contributed by atoms with Crippen molar-refractivity contribution in [2.24, 2.45) is 11.8 Å². The van der Waals surface area contributed by atoms with Gasteiger partial charge in [-0.2, -0.15) is 0 Å². The zero-order valence-electron chi connectivity index (χ0n) is 15.4. The van der Waals surface area contributed by atoms with Crippen molar-refractivity contribution in [3.05, 3.63) is 59.7 Å². The van der Waals surface area contributed by atoms with Gasteiger partial charge in [0.2, 0.25) is 0 Å². The number of rotatable bonds is 4. The van der Waals surface area contributed by atoms with Crippen LogP contribution in [0.4, 0.5) is 13.6 Å². The molecule has 0 radical (unpaired) electrons. The standard InChI is InChI=1S/C22H19F2NO4/c23-22(24)17-9-10-21(18(17)22,19(26)27)25-20(28)29-11-16-14-7-3-1-5-12(14)13-6-2-4-8-15(13)16/h1-8,16-18H,9-11H2,(H,25,28)(H,26,27)/t17-,18-,21?/m1/s1. The van der Waals surface area contributed by atoms with Gasteiger partial charge in [0, 0.05) is 11.8 Å². The molecule has 3 atom stereocenters. The largest absolute Gasteiger partial charge is 0.479 e. The van der Waals surface area contributed by atoms with E-state index in [4.69, 9.17) is 4.74 Å². The summed E-state index contributed by atoms with van der Waals surface area (Å²) in [6.07, 6.45) is -0.914. The lowest BCUT2D eigenvalue weighted by Crippen LogP contribution is -2.56. The first kappa shape index (κ1) is 18.1. The van der Waals surface area contributed by atoms with Gasteiger partial charge in [-0.1, -0.05) is 48.5 Å². The van der Waals surface area contributed by atoms with E-state index in [0.29, 0.717) is 0 Å². The van der Waals surface area contributed by atoms with E-state index in [-0.39, 0.29) is 25.4 Å². The van der Waals surface area contributed by atoms with Gasteiger partial charge in [-0.3, -0.25) is 0 Å². The van der Waals surface area contributed by atoms with Crippen molar-refractivity contribution < 1.29 is 28.2 Å². The van der Waals surface area contributed by atoms with Crippen LogP contribution in [0.2, 0.25) is 0 Å². The van der Waals surface area contributed by atoms with E-state index < -0.39 is 35.4 Å². The lowest BCUT2D eigenvalue weighted by atomic mass is 9.92. The molecule has 1 unspecified atom stereocenters. The molecule has 2 aromatic rings. The van der Waals surface area contributed by atoms with Crippen molar-refractivity contribution in [3.8, 4) is 11.1 Å². The van der Waals surface area contributed by atoms with Gasteiger partial charge in [-0.25, -0.2) is 18.4 Å². The molecule has 3 aliphatic rings. The number of halogens is 2. The van der Waals surface area contributed by atoms with E-state index >= 15 is 0 Å². The van der Waals surface area contributed by atoms with E-state index in [1.165, 1.54) is 0 Å². The Morgan fingerprint density at radius 2 is 1.66 bits per heavy atom. The number of nitrogens with one attached hydrogen (secondary N) is 1. The summed E-state index contributed by atoms with van der Waals surface area (Å²) in [5.74, 6) is -7.02. The van der Waals surface area contributed by atoms with Crippen LogP contribution in [0.1, 0.15) is 29.9 Å². The summed E-state index contributed by atoms with van der Waals surface area (Å²) >= 11 is 0. The van der Waals surface area contributed by atoms with Gasteiger partial charge in [0.15, 0.2) is 0 Å². The van der Waals surface area contributed by atoms with E-state index in [1.54, 1.807) is 0 Å². The first-order chi connectivity index (χ1) is 13.9. The lowest BCUT2D eigenvalue weighted by Gasteiger charge is -2.28. The normalized spacial score (nSPS) is 28.2. The highest BCUT2D eigenvalue weighted by atomic mass is 19.3. The van der Waals surface area contributed by atoms with Crippen LogP contribution in [-0.2, 0) is 9.53 Å². The van der Waals surface area contributed by atoms with Crippen LogP contribution < -0.4 is 5.32 Å². The molecule has 0 bridgehead atoms. The molecule has 2 aromatic carbocycles. The molecule has 29 heavy (non-hydrogen) atoms. The fraction of sp³-hybridized carbons (Fsp3) is 0.364. The summed E-state index contributed by atoms with van der Waals surface area (Å²) < 4.78 is 33.1. The van der Waals surface area contributed by atoms with Crippen LogP contribution in [0.3, 0.4) is 0 Å². The summed E-state index contributed by atoms with van der Waals surface area (Å²) in [5.41, 5.74) is 2.20. The maximum atomic E-state index is 13.9. The number of amides is 1. The van der Waals surface area contributed by atoms with Crippen LogP contribution in [0.15, 0.2) is 48.5 Å². The maximum Gasteiger partial charge on any atom is 0.408 e. The molecule has 7 heteroatoms. The third-order valence-corrected chi connectivity index (χ3v) is 6.63. The predicted molar refractivity (Wildman–Crippen MR) is 99.7 cm³/mol. The van der Waals surface area contributed by atoms with Gasteiger partial charge in [-0.05, 0) is 35.1 Å². The third-order valence-electron chi connectivity index (χ3n) is 6.63. The number of fused-ring (bicyclic) bond motifs is 4. The van der Waals surface area contributed by atoms with Crippen molar-refractivity contribution in [3.63, 3.8) is 0 Å². The average molecular weight is 399 g/mol. The summed E-state index contributed by atoms with van der Waals surface area (Å²) in [7, 11) is 0. The number of benzene rings is 2. The Bertz CT molecular complexity index is 978. The SMILES string of the molecule is O=C(NC1(C(=O)O)CC[C@@H]2[C@H]1C2(F)F)OCC1c2ccccc2-c2ccccc21. The van der Waals surface area contributed by atoms with E-state index in [1.807, 2.05) is 48.5 Å². The number of hydrogen-bond acceptors (Lipinski definition) is 3. The van der Waals surface area contributed by atoms with E-state index in [2.05, 4.69) is 5.32 Å². The Morgan fingerprint density at radius 1 is 1.07 bits per heavy atom. The van der Waals surface area contributed by atoms with Gasteiger partial charge in [-0.15, -0.1) is 0 Å². The zero-order chi connectivity index (χ0) is 20.4. The average Bonchev–Trinajstić information content (AvgIpc) is 3.00. The highest BCUT2D eigenvalue weighted by Gasteiger charge is 2.81. The van der Waals surface area contributed by atoms with Crippen molar-refractivity contribution in [1.82, 2.24) is 5.32 Å².